The number of methoxy groups -OCH3 is 1. The maximum Gasteiger partial charge on any atom is 0.409 e. The molecule has 1 aromatic carbocycles. The van der Waals surface area contributed by atoms with Crippen molar-refractivity contribution in [3.05, 3.63) is 30.1 Å². The number of carbonyl (C=O) groups is 2. The van der Waals surface area contributed by atoms with Crippen LogP contribution in [-0.4, -0.2) is 43.8 Å². The minimum Gasteiger partial charge on any atom is -0.453 e. The second kappa shape index (κ2) is 7.63. The van der Waals surface area contributed by atoms with Gasteiger partial charge in [-0.1, -0.05) is 12.1 Å². The lowest BCUT2D eigenvalue weighted by Gasteiger charge is -2.30. The number of hydrogen-bond acceptors (Lipinski definition) is 3. The van der Waals surface area contributed by atoms with Crippen molar-refractivity contribution in [1.29, 1.82) is 0 Å². The van der Waals surface area contributed by atoms with Crippen LogP contribution in [0.4, 0.5) is 19.7 Å². The first-order valence-corrected chi connectivity index (χ1v) is 7.22. The topological polar surface area (TPSA) is 70.7 Å². The predicted octanol–water partition coefficient (Wildman–Crippen LogP) is 2.43. The number of rotatable bonds is 3. The average molecular weight is 309 g/mol. The number of nitrogens with zero attached hydrogens (tertiary/aromatic N) is 1. The summed E-state index contributed by atoms with van der Waals surface area (Å²) in [5.74, 6) is -0.170. The third kappa shape index (κ3) is 4.34. The second-order valence-electron chi connectivity index (χ2n) is 5.22. The van der Waals surface area contributed by atoms with Gasteiger partial charge in [0.05, 0.1) is 12.8 Å². The van der Waals surface area contributed by atoms with E-state index in [0.717, 1.165) is 12.8 Å². The van der Waals surface area contributed by atoms with E-state index in [9.17, 15) is 14.0 Å². The number of likely N-dealkylation sites (tertiary alicyclic amines) is 1. The first-order chi connectivity index (χ1) is 10.6. The van der Waals surface area contributed by atoms with Crippen molar-refractivity contribution in [3.63, 3.8) is 0 Å². The monoisotopic (exact) mass is 309 g/mol. The van der Waals surface area contributed by atoms with Crippen molar-refractivity contribution >= 4 is 17.8 Å². The minimum atomic E-state index is -0.468. The molecule has 1 heterocycles. The number of anilines is 1. The largest absolute Gasteiger partial charge is 0.453 e. The quantitative estimate of drug-likeness (QED) is 0.901. The Kier molecular flexibility index (Phi) is 5.57. The molecular weight excluding hydrogens is 289 g/mol. The number of ether oxygens (including phenoxy) is 1. The van der Waals surface area contributed by atoms with Gasteiger partial charge < -0.3 is 20.3 Å². The van der Waals surface area contributed by atoms with Crippen molar-refractivity contribution in [1.82, 2.24) is 10.2 Å². The van der Waals surface area contributed by atoms with Gasteiger partial charge in [-0.3, -0.25) is 0 Å². The molecule has 0 atom stereocenters. The lowest BCUT2D eigenvalue weighted by atomic mass is 9.97. The standard InChI is InChI=1S/C15H20FN3O3/c1-22-15(21)19-8-6-11(7-9-19)10-17-14(20)18-13-5-3-2-4-12(13)16/h2-5,11H,6-10H2,1H3,(H2,17,18,20). The zero-order chi connectivity index (χ0) is 15.9. The zero-order valence-electron chi connectivity index (χ0n) is 12.5. The molecule has 1 fully saturated rings. The molecule has 1 aliphatic heterocycles. The van der Waals surface area contributed by atoms with E-state index in [-0.39, 0.29) is 11.8 Å². The molecule has 1 aromatic rings. The van der Waals surface area contributed by atoms with Crippen LogP contribution in [-0.2, 0) is 4.74 Å². The first kappa shape index (κ1) is 16.1. The second-order valence-corrected chi connectivity index (χ2v) is 5.22. The SMILES string of the molecule is COC(=O)N1CCC(CNC(=O)Nc2ccccc2F)CC1. The Balaban J connectivity index is 1.72. The molecule has 1 aliphatic rings. The highest BCUT2D eigenvalue weighted by Crippen LogP contribution is 2.17. The summed E-state index contributed by atoms with van der Waals surface area (Å²) in [7, 11) is 1.36. The van der Waals surface area contributed by atoms with Crippen LogP contribution in [0.5, 0.6) is 0 Å². The van der Waals surface area contributed by atoms with Gasteiger partial charge in [-0.25, -0.2) is 14.0 Å². The molecule has 2 rings (SSSR count). The third-order valence-corrected chi connectivity index (χ3v) is 3.72. The van der Waals surface area contributed by atoms with Crippen molar-refractivity contribution < 1.29 is 18.7 Å². The van der Waals surface area contributed by atoms with Gasteiger partial charge in [-0.05, 0) is 30.9 Å². The molecule has 0 unspecified atom stereocenters. The van der Waals surface area contributed by atoms with Crippen molar-refractivity contribution in [2.75, 3.05) is 32.1 Å². The summed E-state index contributed by atoms with van der Waals surface area (Å²) in [6.07, 6.45) is 1.29. The molecule has 6 nitrogen and oxygen atoms in total. The van der Waals surface area contributed by atoms with Crippen LogP contribution >= 0.6 is 0 Å². The lowest BCUT2D eigenvalue weighted by molar-refractivity contribution is 0.106. The molecule has 0 aromatic heterocycles. The van der Waals surface area contributed by atoms with Gasteiger partial charge in [-0.15, -0.1) is 0 Å². The number of amides is 3. The van der Waals surface area contributed by atoms with E-state index in [0.29, 0.717) is 25.6 Å². The van der Waals surface area contributed by atoms with Crippen molar-refractivity contribution in [2.24, 2.45) is 5.92 Å². The highest BCUT2D eigenvalue weighted by Gasteiger charge is 2.23. The summed E-state index contributed by atoms with van der Waals surface area (Å²) in [5, 5.41) is 5.21. The van der Waals surface area contributed by atoms with Gasteiger partial charge in [0.15, 0.2) is 0 Å². The van der Waals surface area contributed by atoms with E-state index in [2.05, 4.69) is 15.4 Å². The van der Waals surface area contributed by atoms with Crippen LogP contribution in [0.2, 0.25) is 0 Å². The molecule has 0 spiro atoms. The summed E-state index contributed by atoms with van der Waals surface area (Å²) >= 11 is 0. The normalized spacial score (nSPS) is 15.3. The molecule has 3 amide bonds. The van der Waals surface area contributed by atoms with Crippen molar-refractivity contribution in [2.45, 2.75) is 12.8 Å². The summed E-state index contributed by atoms with van der Waals surface area (Å²) < 4.78 is 18.1. The number of carbonyl (C=O) groups excluding carboxylic acids is 2. The fraction of sp³-hybridized carbons (Fsp3) is 0.467. The number of nitrogens with one attached hydrogen (secondary N) is 2. The minimum absolute atomic E-state index is 0.153. The molecule has 2 N–H and O–H groups in total. The molecular formula is C15H20FN3O3. The highest BCUT2D eigenvalue weighted by molar-refractivity contribution is 5.89. The van der Waals surface area contributed by atoms with E-state index in [4.69, 9.17) is 0 Å². The highest BCUT2D eigenvalue weighted by atomic mass is 19.1. The fourth-order valence-electron chi connectivity index (χ4n) is 2.41. The number of halogens is 1. The smallest absolute Gasteiger partial charge is 0.409 e. The summed E-state index contributed by atoms with van der Waals surface area (Å²) in [6, 6.07) is 5.58. The predicted molar refractivity (Wildman–Crippen MR) is 80.1 cm³/mol. The zero-order valence-corrected chi connectivity index (χ0v) is 12.5. The summed E-state index contributed by atoms with van der Waals surface area (Å²) in [6.45, 7) is 1.73. The van der Waals surface area contributed by atoms with Crippen LogP contribution in [0, 0.1) is 11.7 Å². The van der Waals surface area contributed by atoms with Gasteiger partial charge in [-0.2, -0.15) is 0 Å². The first-order valence-electron chi connectivity index (χ1n) is 7.22. The van der Waals surface area contributed by atoms with E-state index in [1.54, 1.807) is 17.0 Å². The van der Waals surface area contributed by atoms with Crippen LogP contribution in [0.3, 0.4) is 0 Å². The maximum atomic E-state index is 13.4. The fourth-order valence-corrected chi connectivity index (χ4v) is 2.41. The molecule has 1 saturated heterocycles. The third-order valence-electron chi connectivity index (χ3n) is 3.72. The van der Waals surface area contributed by atoms with Gasteiger partial charge in [0, 0.05) is 19.6 Å². The van der Waals surface area contributed by atoms with Crippen LogP contribution in [0.25, 0.3) is 0 Å². The van der Waals surface area contributed by atoms with E-state index < -0.39 is 11.8 Å². The number of urea groups is 1. The van der Waals surface area contributed by atoms with Gasteiger partial charge in [0.2, 0.25) is 0 Å². The molecule has 0 bridgehead atoms. The Bertz CT molecular complexity index is 531. The Hall–Kier alpha value is -2.31. The molecule has 22 heavy (non-hydrogen) atoms. The Labute approximate surface area is 128 Å². The lowest BCUT2D eigenvalue weighted by Crippen LogP contribution is -2.42. The Morgan fingerprint density at radius 2 is 2.00 bits per heavy atom. The Morgan fingerprint density at radius 1 is 1.32 bits per heavy atom. The van der Waals surface area contributed by atoms with Crippen LogP contribution < -0.4 is 10.6 Å². The van der Waals surface area contributed by atoms with E-state index in [1.807, 2.05) is 0 Å². The van der Waals surface area contributed by atoms with E-state index >= 15 is 0 Å². The summed E-state index contributed by atoms with van der Waals surface area (Å²) in [5.41, 5.74) is 0.153. The average Bonchev–Trinajstić information content (AvgIpc) is 2.55. The van der Waals surface area contributed by atoms with Gasteiger partial charge in [0.25, 0.3) is 0 Å². The van der Waals surface area contributed by atoms with Crippen LogP contribution in [0.15, 0.2) is 24.3 Å². The van der Waals surface area contributed by atoms with Crippen LogP contribution in [0.1, 0.15) is 12.8 Å². The van der Waals surface area contributed by atoms with Gasteiger partial charge >= 0.3 is 12.1 Å². The number of hydrogen-bond donors (Lipinski definition) is 2. The number of benzene rings is 1. The molecule has 0 aliphatic carbocycles. The summed E-state index contributed by atoms with van der Waals surface area (Å²) in [4.78, 5) is 24.8. The maximum absolute atomic E-state index is 13.4. The molecule has 0 radical (unpaired) electrons. The number of para-hydroxylation sites is 1. The van der Waals surface area contributed by atoms with Gasteiger partial charge in [0.1, 0.15) is 5.82 Å². The Morgan fingerprint density at radius 3 is 2.64 bits per heavy atom. The number of piperidine rings is 1. The molecule has 0 saturated carbocycles. The molecule has 7 heteroatoms. The molecule has 120 valence electrons. The van der Waals surface area contributed by atoms with E-state index in [1.165, 1.54) is 19.2 Å². The van der Waals surface area contributed by atoms with Crippen molar-refractivity contribution in [3.8, 4) is 0 Å².